The molecule has 0 bridgehead atoms. The van der Waals surface area contributed by atoms with Gasteiger partial charge in [-0.1, -0.05) is 30.3 Å². The number of ether oxygens (including phenoxy) is 3. The number of aryl methyl sites for hydroxylation is 1. The van der Waals surface area contributed by atoms with Crippen LogP contribution < -0.4 is 16.1 Å². The molecule has 2 aromatic carbocycles. The van der Waals surface area contributed by atoms with Crippen molar-refractivity contribution in [2.75, 3.05) is 57.9 Å². The fourth-order valence-corrected chi connectivity index (χ4v) is 4.70. The molecule has 3 N–H and O–H groups in total. The Labute approximate surface area is 243 Å². The summed E-state index contributed by atoms with van der Waals surface area (Å²) in [5, 5.41) is 6.46. The standard InChI is InChI=1S/C28H34F2N6O4S/c1-38-28(41)33-16-22(34-31)15-32-21-13-23(29)26(24(30)14-21)35-9-11-36(12-10-35)27(37)20-17-39-25(40-18-20)8-7-19-5-3-2-4-6-19/h2-6,13-15,20,25H,7-12,16-18,31H2,1H3,(H,33,41). The molecule has 41 heavy (non-hydrogen) atoms. The van der Waals surface area contributed by atoms with Crippen LogP contribution in [0.3, 0.4) is 0 Å². The number of nitrogens with one attached hydrogen (secondary N) is 1. The number of hydrogen-bond acceptors (Lipinski definition) is 9. The van der Waals surface area contributed by atoms with Crippen LogP contribution in [-0.2, 0) is 25.4 Å². The Kier molecular flexibility index (Phi) is 10.9. The lowest BCUT2D eigenvalue weighted by Crippen LogP contribution is -2.53. The van der Waals surface area contributed by atoms with E-state index in [0.29, 0.717) is 25.2 Å². The van der Waals surface area contributed by atoms with Crippen LogP contribution in [0.15, 0.2) is 52.6 Å². The molecule has 0 unspecified atom stereocenters. The molecule has 0 saturated carbocycles. The first kappa shape index (κ1) is 30.3. The number of nitrogens with two attached hydrogens (primary N) is 1. The highest BCUT2D eigenvalue weighted by Crippen LogP contribution is 2.29. The molecule has 2 heterocycles. The average molecular weight is 589 g/mol. The first-order valence-electron chi connectivity index (χ1n) is 13.3. The van der Waals surface area contributed by atoms with Gasteiger partial charge in [-0.3, -0.25) is 9.79 Å². The number of methoxy groups -OCH3 is 1. The molecule has 2 saturated heterocycles. The number of carbonyl (C=O) groups excluding carboxylic acids is 1. The third-order valence-electron chi connectivity index (χ3n) is 6.86. The Morgan fingerprint density at radius 3 is 2.41 bits per heavy atom. The van der Waals surface area contributed by atoms with Gasteiger partial charge in [0, 0.05) is 44.7 Å². The highest BCUT2D eigenvalue weighted by Gasteiger charge is 2.33. The molecule has 0 spiro atoms. The van der Waals surface area contributed by atoms with Crippen LogP contribution in [0, 0.1) is 17.6 Å². The number of thiocarbonyl (C=S) groups is 1. The minimum absolute atomic E-state index is 0.0624. The molecule has 0 aliphatic carbocycles. The molecule has 0 aromatic heterocycles. The lowest BCUT2D eigenvalue weighted by molar-refractivity contribution is -0.206. The number of nitrogens with zero attached hydrogens (tertiary/aromatic N) is 4. The monoisotopic (exact) mass is 588 g/mol. The summed E-state index contributed by atoms with van der Waals surface area (Å²) in [6.45, 7) is 1.94. The normalized spacial score (nSPS) is 19.8. The van der Waals surface area contributed by atoms with Crippen molar-refractivity contribution in [1.82, 2.24) is 10.2 Å². The smallest absolute Gasteiger partial charge is 0.256 e. The number of piperazine rings is 1. The third-order valence-corrected chi connectivity index (χ3v) is 7.18. The van der Waals surface area contributed by atoms with Gasteiger partial charge in [0.1, 0.15) is 5.69 Å². The van der Waals surface area contributed by atoms with Crippen LogP contribution in [-0.4, -0.2) is 87.2 Å². The Bertz CT molecular complexity index is 1230. The summed E-state index contributed by atoms with van der Waals surface area (Å²) < 4.78 is 46.4. The number of carbonyl (C=O) groups is 1. The Morgan fingerprint density at radius 2 is 1.80 bits per heavy atom. The Morgan fingerprint density at radius 1 is 1.15 bits per heavy atom. The first-order chi connectivity index (χ1) is 19.9. The number of aliphatic imine (C=N–C) groups is 1. The summed E-state index contributed by atoms with van der Waals surface area (Å²) in [5.41, 5.74) is 1.42. The van der Waals surface area contributed by atoms with Gasteiger partial charge >= 0.3 is 0 Å². The molecule has 2 aromatic rings. The van der Waals surface area contributed by atoms with E-state index in [1.807, 2.05) is 18.2 Å². The quantitative estimate of drug-likeness (QED) is 0.199. The molecule has 1 amide bonds. The van der Waals surface area contributed by atoms with Gasteiger partial charge in [0.05, 0.1) is 50.4 Å². The molecule has 10 nitrogen and oxygen atoms in total. The van der Waals surface area contributed by atoms with Crippen molar-refractivity contribution < 1.29 is 27.8 Å². The van der Waals surface area contributed by atoms with E-state index >= 15 is 0 Å². The van der Waals surface area contributed by atoms with Crippen LogP contribution in [0.1, 0.15) is 12.0 Å². The Balaban J connectivity index is 1.26. The van der Waals surface area contributed by atoms with Crippen LogP contribution in [0.5, 0.6) is 0 Å². The summed E-state index contributed by atoms with van der Waals surface area (Å²) >= 11 is 4.88. The van der Waals surface area contributed by atoms with Crippen molar-refractivity contribution in [3.63, 3.8) is 0 Å². The average Bonchev–Trinajstić information content (AvgIpc) is 3.00. The van der Waals surface area contributed by atoms with E-state index in [-0.39, 0.29) is 61.6 Å². The number of rotatable bonds is 9. The lowest BCUT2D eigenvalue weighted by Gasteiger charge is -2.39. The van der Waals surface area contributed by atoms with E-state index in [4.69, 9.17) is 32.3 Å². The van der Waals surface area contributed by atoms with Gasteiger partial charge in [0.25, 0.3) is 5.17 Å². The van der Waals surface area contributed by atoms with Crippen LogP contribution >= 0.6 is 12.2 Å². The summed E-state index contributed by atoms with van der Waals surface area (Å²) in [5.74, 6) is 3.36. The van der Waals surface area contributed by atoms with Gasteiger partial charge in [-0.2, -0.15) is 5.10 Å². The number of hydrogen-bond donors (Lipinski definition) is 2. The maximum absolute atomic E-state index is 15.0. The summed E-state index contributed by atoms with van der Waals surface area (Å²) in [7, 11) is 1.41. The van der Waals surface area contributed by atoms with Crippen LogP contribution in [0.4, 0.5) is 20.2 Å². The zero-order valence-corrected chi connectivity index (χ0v) is 23.6. The molecule has 2 aliphatic rings. The van der Waals surface area contributed by atoms with Crippen molar-refractivity contribution in [3.05, 3.63) is 59.7 Å². The first-order valence-corrected chi connectivity index (χ1v) is 13.7. The van der Waals surface area contributed by atoms with E-state index in [9.17, 15) is 13.6 Å². The number of amides is 1. The second-order valence-electron chi connectivity index (χ2n) is 9.61. The van der Waals surface area contributed by atoms with Gasteiger partial charge in [0.15, 0.2) is 17.9 Å². The molecule has 2 aliphatic heterocycles. The second-order valence-corrected chi connectivity index (χ2v) is 9.98. The van der Waals surface area contributed by atoms with E-state index in [0.717, 1.165) is 18.6 Å². The SMILES string of the molecule is COC(=S)NCC(C=Nc1cc(F)c(N2CCN(C(=O)C3COC(CCc4ccccc4)OC3)CC2)c(F)c1)=NN. The molecular formula is C28H34F2N6O4S. The zero-order chi connectivity index (χ0) is 29.2. The molecule has 0 radical (unpaired) electrons. The lowest BCUT2D eigenvalue weighted by atomic mass is 10.1. The van der Waals surface area contributed by atoms with E-state index < -0.39 is 17.6 Å². The highest BCUT2D eigenvalue weighted by atomic mass is 32.1. The maximum atomic E-state index is 15.0. The number of halogens is 2. The summed E-state index contributed by atoms with van der Waals surface area (Å²) in [4.78, 5) is 20.4. The van der Waals surface area contributed by atoms with Crippen LogP contribution in [0.2, 0.25) is 0 Å². The predicted molar refractivity (Wildman–Crippen MR) is 156 cm³/mol. The molecule has 13 heteroatoms. The van der Waals surface area contributed by atoms with E-state index in [1.54, 1.807) is 9.80 Å². The van der Waals surface area contributed by atoms with Crippen molar-refractivity contribution >= 4 is 46.6 Å². The van der Waals surface area contributed by atoms with Gasteiger partial charge in [-0.05, 0) is 24.2 Å². The fraction of sp³-hybridized carbons (Fsp3) is 0.429. The van der Waals surface area contributed by atoms with Gasteiger partial charge in [0.2, 0.25) is 5.91 Å². The molecule has 2 fully saturated rings. The van der Waals surface area contributed by atoms with Crippen molar-refractivity contribution in [1.29, 1.82) is 0 Å². The van der Waals surface area contributed by atoms with Gasteiger partial charge in [-0.15, -0.1) is 0 Å². The highest BCUT2D eigenvalue weighted by molar-refractivity contribution is 7.80. The molecular weight excluding hydrogens is 554 g/mol. The molecule has 220 valence electrons. The maximum Gasteiger partial charge on any atom is 0.256 e. The van der Waals surface area contributed by atoms with E-state index in [2.05, 4.69) is 27.5 Å². The van der Waals surface area contributed by atoms with E-state index in [1.165, 1.54) is 18.9 Å². The molecule has 4 rings (SSSR count). The Hall–Kier alpha value is -3.68. The fourth-order valence-electron chi connectivity index (χ4n) is 4.63. The zero-order valence-electron chi connectivity index (χ0n) is 22.8. The van der Waals surface area contributed by atoms with Gasteiger partial charge < -0.3 is 35.2 Å². The van der Waals surface area contributed by atoms with Crippen molar-refractivity contribution in [3.8, 4) is 0 Å². The number of benzene rings is 2. The largest absolute Gasteiger partial charge is 0.474 e. The second kappa shape index (κ2) is 14.8. The molecule has 0 atom stereocenters. The third kappa shape index (κ3) is 8.41. The number of anilines is 1. The summed E-state index contributed by atoms with van der Waals surface area (Å²) in [6.07, 6.45) is 2.49. The summed E-state index contributed by atoms with van der Waals surface area (Å²) in [6, 6.07) is 12.4. The minimum Gasteiger partial charge on any atom is -0.474 e. The predicted octanol–water partition coefficient (Wildman–Crippen LogP) is 2.77. The van der Waals surface area contributed by atoms with Crippen molar-refractivity contribution in [2.45, 2.75) is 19.1 Å². The van der Waals surface area contributed by atoms with Gasteiger partial charge in [-0.25, -0.2) is 8.78 Å². The minimum atomic E-state index is -0.752. The van der Waals surface area contributed by atoms with Crippen molar-refractivity contribution in [2.24, 2.45) is 21.9 Å². The van der Waals surface area contributed by atoms with Crippen LogP contribution in [0.25, 0.3) is 0 Å². The topological polar surface area (TPSA) is 114 Å². The number of hydrazone groups is 1.